The van der Waals surface area contributed by atoms with Gasteiger partial charge in [-0.15, -0.1) is 0 Å². The third kappa shape index (κ3) is 4.61. The Hall–Kier alpha value is -6.29. The Balaban J connectivity index is 1.21. The van der Waals surface area contributed by atoms with Crippen LogP contribution in [0.25, 0.3) is 77.2 Å². The summed E-state index contributed by atoms with van der Waals surface area (Å²) in [6.07, 6.45) is 0. The van der Waals surface area contributed by atoms with Crippen molar-refractivity contribution in [3.63, 3.8) is 0 Å². The molecule has 10 aromatic rings. The average Bonchev–Trinajstić information content (AvgIpc) is 3.74. The molecular formula is C51H36N2S. The molecule has 1 aliphatic rings. The molecule has 256 valence electrons. The molecule has 54 heavy (non-hydrogen) atoms. The molecule has 0 saturated carbocycles. The minimum absolute atomic E-state index is 0.196. The highest BCUT2D eigenvalue weighted by Gasteiger charge is 2.36. The topological polar surface area (TPSA) is 9.86 Å². The van der Waals surface area contributed by atoms with Gasteiger partial charge < -0.3 is 9.13 Å². The SMILES string of the molecule is CC1(C)c2ccccc2Sc2ccc3c4ccccc4n(-c4cc(-c5ccccc5)cc(-c5ccc6c7ccccc7n(-c7ccccc7)c6c5)c4)c3c21. The summed E-state index contributed by atoms with van der Waals surface area (Å²) in [6.45, 7) is 4.80. The van der Waals surface area contributed by atoms with E-state index in [-0.39, 0.29) is 5.41 Å². The molecule has 2 nitrogen and oxygen atoms in total. The number of fused-ring (bicyclic) bond motifs is 9. The summed E-state index contributed by atoms with van der Waals surface area (Å²) in [5, 5.41) is 5.08. The second-order valence-corrected chi connectivity index (χ2v) is 16.0. The highest BCUT2D eigenvalue weighted by atomic mass is 32.2. The van der Waals surface area contributed by atoms with Crippen LogP contribution in [0.2, 0.25) is 0 Å². The van der Waals surface area contributed by atoms with E-state index in [0.717, 1.165) is 11.4 Å². The third-order valence-electron chi connectivity index (χ3n) is 11.5. The van der Waals surface area contributed by atoms with Crippen LogP contribution in [0.5, 0.6) is 0 Å². The molecule has 3 heteroatoms. The van der Waals surface area contributed by atoms with E-state index >= 15 is 0 Å². The van der Waals surface area contributed by atoms with Crippen LogP contribution in [0.4, 0.5) is 0 Å². The number of hydrogen-bond donors (Lipinski definition) is 0. The Morgan fingerprint density at radius 1 is 0.389 bits per heavy atom. The molecule has 0 atom stereocenters. The Kier molecular flexibility index (Phi) is 6.87. The highest BCUT2D eigenvalue weighted by Crippen LogP contribution is 2.53. The van der Waals surface area contributed by atoms with Crippen LogP contribution in [-0.2, 0) is 5.41 Å². The predicted molar refractivity (Wildman–Crippen MR) is 229 cm³/mol. The lowest BCUT2D eigenvalue weighted by molar-refractivity contribution is 0.611. The molecule has 0 unspecified atom stereocenters. The summed E-state index contributed by atoms with van der Waals surface area (Å²) in [5.41, 5.74) is 14.6. The first-order valence-electron chi connectivity index (χ1n) is 18.7. The van der Waals surface area contributed by atoms with Gasteiger partial charge in [0.15, 0.2) is 0 Å². The number of nitrogens with zero attached hydrogens (tertiary/aromatic N) is 2. The van der Waals surface area contributed by atoms with Crippen LogP contribution in [0.1, 0.15) is 25.0 Å². The van der Waals surface area contributed by atoms with E-state index in [4.69, 9.17) is 0 Å². The fourth-order valence-corrected chi connectivity index (χ4v) is 10.4. The second kappa shape index (κ2) is 11.9. The van der Waals surface area contributed by atoms with Crippen molar-refractivity contribution in [3.05, 3.63) is 193 Å². The average molecular weight is 709 g/mol. The maximum atomic E-state index is 2.55. The van der Waals surface area contributed by atoms with Crippen LogP contribution >= 0.6 is 11.8 Å². The van der Waals surface area contributed by atoms with E-state index < -0.39 is 0 Å². The molecule has 3 heterocycles. The Morgan fingerprint density at radius 3 is 1.76 bits per heavy atom. The van der Waals surface area contributed by atoms with Gasteiger partial charge >= 0.3 is 0 Å². The lowest BCUT2D eigenvalue weighted by Crippen LogP contribution is -2.24. The summed E-state index contributed by atoms with van der Waals surface area (Å²) < 4.78 is 4.96. The van der Waals surface area contributed by atoms with Crippen molar-refractivity contribution in [1.82, 2.24) is 9.13 Å². The maximum absolute atomic E-state index is 2.55. The molecule has 0 bridgehead atoms. The minimum Gasteiger partial charge on any atom is -0.309 e. The summed E-state index contributed by atoms with van der Waals surface area (Å²) >= 11 is 1.90. The molecule has 11 rings (SSSR count). The number of benzene rings is 8. The van der Waals surface area contributed by atoms with Crippen LogP contribution < -0.4 is 0 Å². The zero-order valence-electron chi connectivity index (χ0n) is 30.1. The van der Waals surface area contributed by atoms with Crippen molar-refractivity contribution in [2.75, 3.05) is 0 Å². The minimum atomic E-state index is -0.196. The fraction of sp³-hybridized carbons (Fsp3) is 0.0588. The monoisotopic (exact) mass is 708 g/mol. The fourth-order valence-electron chi connectivity index (χ4n) is 9.03. The molecule has 0 aliphatic carbocycles. The van der Waals surface area contributed by atoms with Crippen molar-refractivity contribution in [2.45, 2.75) is 29.1 Å². The molecule has 2 aromatic heterocycles. The van der Waals surface area contributed by atoms with Crippen LogP contribution in [-0.4, -0.2) is 9.13 Å². The molecule has 1 aliphatic heterocycles. The van der Waals surface area contributed by atoms with Crippen molar-refractivity contribution < 1.29 is 0 Å². The van der Waals surface area contributed by atoms with Gasteiger partial charge in [0.05, 0.1) is 22.1 Å². The van der Waals surface area contributed by atoms with Gasteiger partial charge in [0.25, 0.3) is 0 Å². The quantitative estimate of drug-likeness (QED) is 0.177. The molecular weight excluding hydrogens is 673 g/mol. The molecule has 0 amide bonds. The summed E-state index contributed by atoms with van der Waals surface area (Å²) in [7, 11) is 0. The van der Waals surface area contributed by atoms with Crippen molar-refractivity contribution >= 4 is 55.4 Å². The van der Waals surface area contributed by atoms with Gasteiger partial charge in [0.1, 0.15) is 0 Å². The van der Waals surface area contributed by atoms with Crippen LogP contribution in [0.3, 0.4) is 0 Å². The number of para-hydroxylation sites is 3. The van der Waals surface area contributed by atoms with E-state index in [1.165, 1.54) is 86.8 Å². The third-order valence-corrected chi connectivity index (χ3v) is 12.6. The largest absolute Gasteiger partial charge is 0.309 e. The Morgan fingerprint density at radius 2 is 0.981 bits per heavy atom. The van der Waals surface area contributed by atoms with Gasteiger partial charge in [0.2, 0.25) is 0 Å². The number of hydrogen-bond acceptors (Lipinski definition) is 1. The van der Waals surface area contributed by atoms with Crippen molar-refractivity contribution in [1.29, 1.82) is 0 Å². The van der Waals surface area contributed by atoms with E-state index in [9.17, 15) is 0 Å². The van der Waals surface area contributed by atoms with E-state index in [0.29, 0.717) is 0 Å². The van der Waals surface area contributed by atoms with Crippen LogP contribution in [0, 0.1) is 0 Å². The van der Waals surface area contributed by atoms with E-state index in [1.54, 1.807) is 0 Å². The summed E-state index contributed by atoms with van der Waals surface area (Å²) in [6, 6.07) is 67.1. The number of rotatable bonds is 4. The lowest BCUT2D eigenvalue weighted by Gasteiger charge is -2.35. The predicted octanol–water partition coefficient (Wildman–Crippen LogP) is 14.0. The Bertz CT molecular complexity index is 3090. The van der Waals surface area contributed by atoms with Gasteiger partial charge in [-0.3, -0.25) is 0 Å². The summed E-state index contributed by atoms with van der Waals surface area (Å²) in [5.74, 6) is 0. The first kappa shape index (κ1) is 31.3. The maximum Gasteiger partial charge on any atom is 0.0593 e. The molecule has 0 radical (unpaired) electrons. The molecule has 8 aromatic carbocycles. The zero-order valence-corrected chi connectivity index (χ0v) is 30.9. The molecule has 0 spiro atoms. The normalized spacial score (nSPS) is 13.4. The Labute approximate surface area is 318 Å². The van der Waals surface area contributed by atoms with Gasteiger partial charge in [-0.2, -0.15) is 0 Å². The van der Waals surface area contributed by atoms with Gasteiger partial charge in [-0.25, -0.2) is 0 Å². The van der Waals surface area contributed by atoms with Gasteiger partial charge in [-0.05, 0) is 88.5 Å². The standard InChI is InChI=1S/C51H36N2S/c1-51(2)43-21-11-14-24-47(43)54-48-28-27-42-40-20-10-13-23-45(40)53(50(42)49(48)51)38-30-35(33-15-5-3-6-16-33)29-36(31-38)34-25-26-41-39-19-9-12-22-44(39)52(46(41)32-34)37-17-7-4-8-18-37/h3-32H,1-2H3. The second-order valence-electron chi connectivity index (χ2n) is 15.0. The first-order chi connectivity index (χ1) is 26.5. The van der Waals surface area contributed by atoms with E-state index in [1.807, 2.05) is 11.8 Å². The molecule has 0 N–H and O–H groups in total. The van der Waals surface area contributed by atoms with E-state index in [2.05, 4.69) is 205 Å². The highest BCUT2D eigenvalue weighted by molar-refractivity contribution is 7.99. The van der Waals surface area contributed by atoms with Gasteiger partial charge in [-0.1, -0.05) is 147 Å². The first-order valence-corrected chi connectivity index (χ1v) is 19.5. The number of aromatic nitrogens is 2. The van der Waals surface area contributed by atoms with Crippen molar-refractivity contribution in [3.8, 4) is 33.6 Å². The van der Waals surface area contributed by atoms with Crippen LogP contribution in [0.15, 0.2) is 192 Å². The van der Waals surface area contributed by atoms with Crippen molar-refractivity contribution in [2.24, 2.45) is 0 Å². The summed E-state index contributed by atoms with van der Waals surface area (Å²) in [4.78, 5) is 2.67. The van der Waals surface area contributed by atoms with Gasteiger partial charge in [0, 0.05) is 53.7 Å². The molecule has 0 fully saturated rings. The zero-order chi connectivity index (χ0) is 36.0. The smallest absolute Gasteiger partial charge is 0.0593 e. The molecule has 0 saturated heterocycles. The lowest BCUT2D eigenvalue weighted by atomic mass is 9.76.